The first-order chi connectivity index (χ1) is 33.6. The first kappa shape index (κ1) is 63.6. The first-order valence-electron chi connectivity index (χ1n) is 28.1. The maximum atomic E-state index is 13.0. The molecule has 9 N–H and O–H groups in total. The molecule has 2 aliphatic heterocycles. The van der Waals surface area contributed by atoms with Crippen LogP contribution in [-0.2, 0) is 23.7 Å². The summed E-state index contributed by atoms with van der Waals surface area (Å²) in [5, 5.41) is 86.5. The van der Waals surface area contributed by atoms with Gasteiger partial charge in [-0.15, -0.1) is 0 Å². The third-order valence-corrected chi connectivity index (χ3v) is 13.9. The zero-order chi connectivity index (χ0) is 50.3. The van der Waals surface area contributed by atoms with Crippen molar-refractivity contribution in [1.82, 2.24) is 5.32 Å². The van der Waals surface area contributed by atoms with E-state index in [9.17, 15) is 45.6 Å². The molecule has 0 radical (unpaired) electrons. The van der Waals surface area contributed by atoms with Crippen LogP contribution in [0.15, 0.2) is 24.3 Å². The van der Waals surface area contributed by atoms with E-state index in [-0.39, 0.29) is 18.9 Å². The number of ether oxygens (including phenoxy) is 4. The first-order valence-corrected chi connectivity index (χ1v) is 28.1. The highest BCUT2D eigenvalue weighted by atomic mass is 16.7. The molecule has 2 aliphatic rings. The smallest absolute Gasteiger partial charge is 0.220 e. The average Bonchev–Trinajstić information content (AvgIpc) is 3.35. The number of hydrogen-bond donors (Lipinski definition) is 9. The Morgan fingerprint density at radius 1 is 0.507 bits per heavy atom. The van der Waals surface area contributed by atoms with E-state index >= 15 is 0 Å². The van der Waals surface area contributed by atoms with Crippen LogP contribution in [0.3, 0.4) is 0 Å². The van der Waals surface area contributed by atoms with E-state index in [1.165, 1.54) is 148 Å². The summed E-state index contributed by atoms with van der Waals surface area (Å²) < 4.78 is 22.6. The van der Waals surface area contributed by atoms with Crippen LogP contribution in [0.25, 0.3) is 0 Å². The van der Waals surface area contributed by atoms with E-state index in [1.807, 2.05) is 6.08 Å². The Bertz CT molecular complexity index is 1260. The Hall–Kier alpha value is -1.53. The third-order valence-electron chi connectivity index (χ3n) is 13.9. The predicted molar refractivity (Wildman–Crippen MR) is 272 cm³/mol. The molecule has 1 amide bonds. The van der Waals surface area contributed by atoms with Crippen molar-refractivity contribution in [3.05, 3.63) is 24.3 Å². The zero-order valence-corrected chi connectivity index (χ0v) is 43.3. The van der Waals surface area contributed by atoms with Gasteiger partial charge in [-0.25, -0.2) is 0 Å². The van der Waals surface area contributed by atoms with Crippen molar-refractivity contribution in [2.75, 3.05) is 19.8 Å². The molecule has 0 aromatic rings. The second-order valence-electron chi connectivity index (χ2n) is 20.1. The fourth-order valence-electron chi connectivity index (χ4n) is 9.31. The SMILES string of the molecule is CCCCCCCCCCCCCCCCCCCCCCCCC/C=C/CC/C=C/C(O)C(COC1OC(CO)C(OC2OC(CO)C(O)C(O)C2O)C(O)C1O)NC(=O)CCCCCCCC. The number of hydrogen-bond acceptors (Lipinski definition) is 13. The molecule has 0 aromatic heterocycles. The maximum absolute atomic E-state index is 13.0. The second kappa shape index (κ2) is 41.9. The summed E-state index contributed by atoms with van der Waals surface area (Å²) in [6, 6.07) is -0.924. The molecule has 2 heterocycles. The molecule has 0 bridgehead atoms. The molecule has 2 fully saturated rings. The van der Waals surface area contributed by atoms with Gasteiger partial charge in [-0.05, 0) is 32.1 Å². The standard InChI is InChI=1S/C55H103NO13/c1-3-5-7-9-11-12-13-14-15-16-17-18-19-20-21-22-23-24-25-26-27-28-29-30-31-32-33-34-36-38-44(59)43(56-47(60)39-37-35-10-8-6-4-2)42-66-54-52(65)50(63)53(46(41-58)68-54)69-55-51(64)49(62)48(61)45(40-57)67-55/h31-32,36,38,43-46,48-55,57-59,61-65H,3-30,33-35,37,39-42H2,1-2H3,(H,56,60)/b32-31+,38-36+. The molecule has 14 nitrogen and oxygen atoms in total. The molecule has 12 atom stereocenters. The van der Waals surface area contributed by atoms with Gasteiger partial charge in [0, 0.05) is 6.42 Å². The van der Waals surface area contributed by atoms with Crippen molar-refractivity contribution in [2.24, 2.45) is 0 Å². The minimum absolute atomic E-state index is 0.258. The van der Waals surface area contributed by atoms with Gasteiger partial charge in [0.15, 0.2) is 12.6 Å². The van der Waals surface area contributed by atoms with E-state index in [0.29, 0.717) is 12.8 Å². The van der Waals surface area contributed by atoms with Gasteiger partial charge >= 0.3 is 0 Å². The highest BCUT2D eigenvalue weighted by Gasteiger charge is 2.51. The van der Waals surface area contributed by atoms with Crippen LogP contribution in [0.5, 0.6) is 0 Å². The lowest BCUT2D eigenvalue weighted by atomic mass is 9.97. The second-order valence-corrected chi connectivity index (χ2v) is 20.1. The Labute approximate surface area is 418 Å². The van der Waals surface area contributed by atoms with Gasteiger partial charge in [-0.2, -0.15) is 0 Å². The largest absolute Gasteiger partial charge is 0.394 e. The molecule has 14 heteroatoms. The van der Waals surface area contributed by atoms with E-state index in [4.69, 9.17) is 18.9 Å². The number of carbonyl (C=O) groups excluding carboxylic acids is 1. The number of carbonyl (C=O) groups is 1. The molecule has 0 aliphatic carbocycles. The summed E-state index contributed by atoms with van der Waals surface area (Å²) in [5.74, 6) is -0.258. The lowest BCUT2D eigenvalue weighted by Gasteiger charge is -2.46. The Morgan fingerprint density at radius 2 is 0.928 bits per heavy atom. The predicted octanol–water partition coefficient (Wildman–Crippen LogP) is 8.50. The summed E-state index contributed by atoms with van der Waals surface area (Å²) in [6.07, 6.45) is 31.5. The molecule has 2 rings (SSSR count). The molecule has 0 aromatic carbocycles. The molecule has 2 saturated heterocycles. The molecule has 0 saturated carbocycles. The van der Waals surface area contributed by atoms with E-state index < -0.39 is 86.8 Å². The van der Waals surface area contributed by atoms with Crippen molar-refractivity contribution in [1.29, 1.82) is 0 Å². The summed E-state index contributed by atoms with van der Waals surface area (Å²) >= 11 is 0. The minimum atomic E-state index is -1.79. The summed E-state index contributed by atoms with van der Waals surface area (Å²) in [4.78, 5) is 13.0. The number of nitrogens with one attached hydrogen (secondary N) is 1. The van der Waals surface area contributed by atoms with Crippen molar-refractivity contribution in [2.45, 2.75) is 299 Å². The van der Waals surface area contributed by atoms with Gasteiger partial charge in [-0.3, -0.25) is 4.79 Å². The summed E-state index contributed by atoms with van der Waals surface area (Å²) in [6.45, 7) is 2.70. The number of allylic oxidation sites excluding steroid dienone is 3. The van der Waals surface area contributed by atoms with Crippen LogP contribution >= 0.6 is 0 Å². The normalized spacial score (nSPS) is 26.3. The van der Waals surface area contributed by atoms with Crippen LogP contribution in [0.2, 0.25) is 0 Å². The topological polar surface area (TPSA) is 228 Å². The number of amides is 1. The molecule has 0 spiro atoms. The van der Waals surface area contributed by atoms with E-state index in [2.05, 4.69) is 31.3 Å². The van der Waals surface area contributed by atoms with Crippen LogP contribution in [0, 0.1) is 0 Å². The zero-order valence-electron chi connectivity index (χ0n) is 43.3. The lowest BCUT2D eigenvalue weighted by Crippen LogP contribution is -2.65. The van der Waals surface area contributed by atoms with Crippen LogP contribution in [0.1, 0.15) is 226 Å². The summed E-state index contributed by atoms with van der Waals surface area (Å²) in [5.41, 5.74) is 0. The Balaban J connectivity index is 1.66. The minimum Gasteiger partial charge on any atom is -0.394 e. The monoisotopic (exact) mass is 986 g/mol. The number of rotatable bonds is 44. The van der Waals surface area contributed by atoms with Gasteiger partial charge < -0.3 is 65.1 Å². The fourth-order valence-corrected chi connectivity index (χ4v) is 9.31. The van der Waals surface area contributed by atoms with Gasteiger partial charge in [0.2, 0.25) is 5.91 Å². The molecule has 12 unspecified atom stereocenters. The highest BCUT2D eigenvalue weighted by molar-refractivity contribution is 5.76. The Kier molecular flexibility index (Phi) is 38.6. The molecular formula is C55H103NO13. The van der Waals surface area contributed by atoms with Crippen molar-refractivity contribution < 1.29 is 64.6 Å². The van der Waals surface area contributed by atoms with Gasteiger partial charge in [0.25, 0.3) is 0 Å². The average molecular weight is 986 g/mol. The van der Waals surface area contributed by atoms with Crippen molar-refractivity contribution in [3.8, 4) is 0 Å². The van der Waals surface area contributed by atoms with Gasteiger partial charge in [0.1, 0.15) is 48.8 Å². The van der Waals surface area contributed by atoms with Crippen LogP contribution in [-0.4, -0.2) is 140 Å². The molecular weight excluding hydrogens is 883 g/mol. The third kappa shape index (κ3) is 28.5. The maximum Gasteiger partial charge on any atom is 0.220 e. The Morgan fingerprint density at radius 3 is 1.42 bits per heavy atom. The van der Waals surface area contributed by atoms with Crippen LogP contribution in [0.4, 0.5) is 0 Å². The van der Waals surface area contributed by atoms with Crippen molar-refractivity contribution >= 4 is 5.91 Å². The fraction of sp³-hybridized carbons (Fsp3) is 0.909. The molecule has 406 valence electrons. The summed E-state index contributed by atoms with van der Waals surface area (Å²) in [7, 11) is 0. The quantitative estimate of drug-likeness (QED) is 0.0206. The van der Waals surface area contributed by atoms with E-state index in [0.717, 1.165) is 44.9 Å². The number of aliphatic hydroxyl groups excluding tert-OH is 8. The molecule has 69 heavy (non-hydrogen) atoms. The van der Waals surface area contributed by atoms with Gasteiger partial charge in [-0.1, -0.05) is 212 Å². The van der Waals surface area contributed by atoms with Crippen LogP contribution < -0.4 is 5.32 Å². The van der Waals surface area contributed by atoms with Gasteiger partial charge in [0.05, 0.1) is 32.0 Å². The van der Waals surface area contributed by atoms with Crippen molar-refractivity contribution in [3.63, 3.8) is 0 Å². The van der Waals surface area contributed by atoms with E-state index in [1.54, 1.807) is 6.08 Å². The highest BCUT2D eigenvalue weighted by Crippen LogP contribution is 2.30. The number of unbranched alkanes of at least 4 members (excludes halogenated alkanes) is 29. The number of aliphatic hydroxyl groups is 8. The lowest BCUT2D eigenvalue weighted by molar-refractivity contribution is -0.359.